The summed E-state index contributed by atoms with van der Waals surface area (Å²) in [5, 5.41) is 0. The Morgan fingerprint density at radius 3 is 2.10 bits per heavy atom. The first-order valence-corrected chi connectivity index (χ1v) is 11.9. The lowest BCUT2D eigenvalue weighted by Crippen LogP contribution is -2.69. The minimum absolute atomic E-state index is 0.127. The number of likely N-dealkylation sites (tertiary alicyclic amines) is 1. The molecule has 0 aliphatic carbocycles. The third kappa shape index (κ3) is 7.35. The molecule has 30 heavy (non-hydrogen) atoms. The highest BCUT2D eigenvalue weighted by Crippen LogP contribution is 2.30. The second-order valence-corrected chi connectivity index (χ2v) is 9.44. The minimum atomic E-state index is -3.05. The Bertz CT molecular complexity index is 634. The van der Waals surface area contributed by atoms with Gasteiger partial charge in [-0.05, 0) is 41.0 Å². The molecule has 1 aliphatic rings. The van der Waals surface area contributed by atoms with Crippen molar-refractivity contribution in [3.05, 3.63) is 24.3 Å². The van der Waals surface area contributed by atoms with E-state index in [4.69, 9.17) is 22.8 Å². The number of carbonyl (C=O) groups is 3. The second kappa shape index (κ2) is 12.6. The normalized spacial score (nSPS) is 17.4. The molecular weight excluding hydrogens is 410 g/mol. The zero-order valence-corrected chi connectivity index (χ0v) is 19.5. The van der Waals surface area contributed by atoms with Crippen LogP contribution in [0.2, 0.25) is 0 Å². The monoisotopic (exact) mass is 443 g/mol. The largest absolute Gasteiger partial charge is 0.524 e. The zero-order valence-electron chi connectivity index (χ0n) is 18.5. The molecule has 9 nitrogen and oxygen atoms in total. The predicted octanol–water partition coefficient (Wildman–Crippen LogP) is 1.78. The lowest BCUT2D eigenvalue weighted by atomic mass is 10.2. The zero-order chi connectivity index (χ0) is 22.7. The summed E-state index contributed by atoms with van der Waals surface area (Å²) in [7, 11) is -3.05. The summed E-state index contributed by atoms with van der Waals surface area (Å²) in [4.78, 5) is 37.5. The first kappa shape index (κ1) is 26.0. The number of esters is 2. The smallest absolute Gasteiger partial charge is 0.459 e. The van der Waals surface area contributed by atoms with E-state index in [1.54, 1.807) is 11.8 Å². The van der Waals surface area contributed by atoms with E-state index in [-0.39, 0.29) is 23.8 Å². The molecule has 0 aromatic rings. The highest BCUT2D eigenvalue weighted by Gasteiger charge is 2.56. The Labute approximate surface area is 179 Å². The van der Waals surface area contributed by atoms with Gasteiger partial charge in [0, 0.05) is 44.1 Å². The first-order chi connectivity index (χ1) is 14.2. The van der Waals surface area contributed by atoms with Gasteiger partial charge in [0.05, 0.1) is 0 Å². The summed E-state index contributed by atoms with van der Waals surface area (Å²) in [5.41, 5.74) is -0.0272. The third-order valence-electron chi connectivity index (χ3n) is 4.23. The predicted molar refractivity (Wildman–Crippen MR) is 111 cm³/mol. The molecule has 0 aromatic carbocycles. The lowest BCUT2D eigenvalue weighted by molar-refractivity contribution is -0.152. The van der Waals surface area contributed by atoms with Crippen LogP contribution in [0, 0.1) is 0 Å². The van der Waals surface area contributed by atoms with Crippen molar-refractivity contribution >= 4 is 26.7 Å². The number of hydrogen-bond donors (Lipinski definition) is 0. The van der Waals surface area contributed by atoms with Crippen LogP contribution in [0.1, 0.15) is 41.0 Å². The van der Waals surface area contributed by atoms with Crippen molar-refractivity contribution in [1.82, 2.24) is 4.90 Å². The van der Waals surface area contributed by atoms with Gasteiger partial charge in [0.1, 0.15) is 18.4 Å². The van der Waals surface area contributed by atoms with Crippen LogP contribution in [0.4, 0.5) is 0 Å². The number of carbonyl (C=O) groups excluding carboxylic acids is 3. The maximum atomic E-state index is 12.6. The standard InChI is InChI=1S/C20H33NO8Si/c1-7-26-30(27-8-2,28-9-3)18-12-13-21(18)17(22)10-11-19(23)25-14-16(6)29-20(24)15(4)5/h10-11,16,18H,4,7-9,12-14H2,1-3,5-6H3/b11-10+. The lowest BCUT2D eigenvalue weighted by Gasteiger charge is -2.47. The molecule has 1 amide bonds. The van der Waals surface area contributed by atoms with Crippen LogP contribution in [-0.4, -0.2) is 76.3 Å². The van der Waals surface area contributed by atoms with Gasteiger partial charge >= 0.3 is 20.7 Å². The molecule has 0 bridgehead atoms. The number of nitrogens with zero attached hydrogens (tertiary/aromatic N) is 1. The van der Waals surface area contributed by atoms with Crippen molar-refractivity contribution in [2.45, 2.75) is 52.8 Å². The molecule has 0 spiro atoms. The van der Waals surface area contributed by atoms with Crippen molar-refractivity contribution < 1.29 is 37.1 Å². The molecule has 1 saturated heterocycles. The van der Waals surface area contributed by atoms with Gasteiger partial charge in [0.2, 0.25) is 5.91 Å². The van der Waals surface area contributed by atoms with E-state index in [9.17, 15) is 14.4 Å². The Kier molecular flexibility index (Phi) is 11.0. The number of hydrogen-bond acceptors (Lipinski definition) is 8. The molecule has 1 heterocycles. The van der Waals surface area contributed by atoms with E-state index in [1.807, 2.05) is 20.8 Å². The molecule has 0 saturated carbocycles. The average Bonchev–Trinajstić information content (AvgIpc) is 2.64. The van der Waals surface area contributed by atoms with E-state index in [1.165, 1.54) is 6.92 Å². The van der Waals surface area contributed by atoms with Crippen LogP contribution in [0.5, 0.6) is 0 Å². The summed E-state index contributed by atoms with van der Waals surface area (Å²) in [5.74, 6) is -1.61. The van der Waals surface area contributed by atoms with Crippen LogP contribution in [-0.2, 0) is 37.1 Å². The molecule has 0 N–H and O–H groups in total. The van der Waals surface area contributed by atoms with Gasteiger partial charge < -0.3 is 27.7 Å². The van der Waals surface area contributed by atoms with Gasteiger partial charge in [-0.15, -0.1) is 0 Å². The number of ether oxygens (including phenoxy) is 2. The summed E-state index contributed by atoms with van der Waals surface area (Å²) in [6.45, 7) is 13.8. The summed E-state index contributed by atoms with van der Waals surface area (Å²) in [6, 6.07) is 0. The van der Waals surface area contributed by atoms with Crippen molar-refractivity contribution in [3.8, 4) is 0 Å². The molecule has 10 heteroatoms. The van der Waals surface area contributed by atoms with Crippen LogP contribution < -0.4 is 0 Å². The third-order valence-corrected chi connectivity index (χ3v) is 7.72. The van der Waals surface area contributed by atoms with Crippen molar-refractivity contribution in [3.63, 3.8) is 0 Å². The minimum Gasteiger partial charge on any atom is -0.459 e. The molecule has 170 valence electrons. The molecular formula is C20H33NO8Si. The fourth-order valence-electron chi connectivity index (χ4n) is 2.84. The Hall–Kier alpha value is -2.01. The number of rotatable bonds is 13. The molecule has 0 aromatic heterocycles. The summed E-state index contributed by atoms with van der Waals surface area (Å²) >= 11 is 0. The van der Waals surface area contributed by atoms with Crippen molar-refractivity contribution in [2.75, 3.05) is 33.0 Å². The Balaban J connectivity index is 2.64. The van der Waals surface area contributed by atoms with E-state index >= 15 is 0 Å². The van der Waals surface area contributed by atoms with Gasteiger partial charge in [-0.2, -0.15) is 0 Å². The maximum absolute atomic E-state index is 12.6. The highest BCUT2D eigenvalue weighted by molar-refractivity contribution is 6.63. The fraction of sp³-hybridized carbons (Fsp3) is 0.650. The maximum Gasteiger partial charge on any atom is 0.524 e. The van der Waals surface area contributed by atoms with Gasteiger partial charge in [-0.1, -0.05) is 6.58 Å². The molecule has 1 fully saturated rings. The summed E-state index contributed by atoms with van der Waals surface area (Å²) < 4.78 is 27.6. The van der Waals surface area contributed by atoms with Crippen LogP contribution in [0.3, 0.4) is 0 Å². The Morgan fingerprint density at radius 2 is 1.67 bits per heavy atom. The highest BCUT2D eigenvalue weighted by atomic mass is 28.4. The average molecular weight is 444 g/mol. The van der Waals surface area contributed by atoms with E-state index in [0.717, 1.165) is 12.2 Å². The van der Waals surface area contributed by atoms with Gasteiger partial charge in [0.15, 0.2) is 0 Å². The summed E-state index contributed by atoms with van der Waals surface area (Å²) in [6.07, 6.45) is 2.29. The first-order valence-electron chi connectivity index (χ1n) is 10.1. The quantitative estimate of drug-likeness (QED) is 0.241. The molecule has 2 unspecified atom stereocenters. The molecule has 1 aliphatic heterocycles. The van der Waals surface area contributed by atoms with Crippen molar-refractivity contribution in [1.29, 1.82) is 0 Å². The van der Waals surface area contributed by atoms with E-state index < -0.39 is 26.8 Å². The van der Waals surface area contributed by atoms with Gasteiger partial charge in [-0.3, -0.25) is 4.79 Å². The van der Waals surface area contributed by atoms with Crippen LogP contribution in [0.25, 0.3) is 0 Å². The fourth-order valence-corrected chi connectivity index (χ4v) is 5.99. The molecule has 2 atom stereocenters. The SMILES string of the molecule is C=C(C)C(=O)OC(C)COC(=O)/C=C/C(=O)N1CCC1[Si](OCC)(OCC)OCC. The number of amides is 1. The van der Waals surface area contributed by atoms with Gasteiger partial charge in [-0.25, -0.2) is 9.59 Å². The molecule has 0 radical (unpaired) electrons. The van der Waals surface area contributed by atoms with Crippen LogP contribution in [0.15, 0.2) is 24.3 Å². The van der Waals surface area contributed by atoms with Crippen molar-refractivity contribution in [2.24, 2.45) is 0 Å². The second-order valence-electron chi connectivity index (χ2n) is 6.70. The van der Waals surface area contributed by atoms with Crippen LogP contribution >= 0.6 is 0 Å². The molecule has 1 rings (SSSR count). The topological polar surface area (TPSA) is 101 Å². The Morgan fingerprint density at radius 1 is 1.10 bits per heavy atom. The van der Waals surface area contributed by atoms with E-state index in [2.05, 4.69) is 6.58 Å². The van der Waals surface area contributed by atoms with Gasteiger partial charge in [0.25, 0.3) is 0 Å². The van der Waals surface area contributed by atoms with E-state index in [0.29, 0.717) is 32.8 Å².